The van der Waals surface area contributed by atoms with Gasteiger partial charge in [-0.25, -0.2) is 8.42 Å². The van der Waals surface area contributed by atoms with Crippen LogP contribution < -0.4 is 0 Å². The average Bonchev–Trinajstić information content (AvgIpc) is 2.95. The van der Waals surface area contributed by atoms with E-state index in [2.05, 4.69) is 0 Å². The molecule has 3 rings (SSSR count). The number of aryl methyl sites for hydroxylation is 1. The molecule has 116 valence electrons. The summed E-state index contributed by atoms with van der Waals surface area (Å²) in [7, 11) is -3.39. The first kappa shape index (κ1) is 15.3. The van der Waals surface area contributed by atoms with Gasteiger partial charge in [0.1, 0.15) is 0 Å². The Morgan fingerprint density at radius 2 is 2.00 bits per heavy atom. The van der Waals surface area contributed by atoms with Crippen LogP contribution >= 0.6 is 11.6 Å². The topological polar surface area (TPSA) is 37.4 Å². The molecule has 3 nitrogen and oxygen atoms in total. The van der Waals surface area contributed by atoms with Crippen molar-refractivity contribution in [1.82, 2.24) is 4.31 Å². The number of sulfonamides is 1. The van der Waals surface area contributed by atoms with Crippen molar-refractivity contribution in [3.05, 3.63) is 29.3 Å². The summed E-state index contributed by atoms with van der Waals surface area (Å²) < 4.78 is 27.7. The molecule has 1 aromatic carbocycles. The van der Waals surface area contributed by atoms with Gasteiger partial charge >= 0.3 is 0 Å². The fourth-order valence-corrected chi connectivity index (χ4v) is 5.89. The first-order valence-electron chi connectivity index (χ1n) is 7.71. The number of nitrogens with zero attached hydrogens (tertiary/aromatic N) is 1. The van der Waals surface area contributed by atoms with E-state index < -0.39 is 10.0 Å². The maximum atomic E-state index is 13.0. The zero-order chi connectivity index (χ0) is 15.0. The molecule has 0 aromatic heterocycles. The van der Waals surface area contributed by atoms with E-state index in [1.54, 1.807) is 16.4 Å². The predicted molar refractivity (Wildman–Crippen MR) is 85.0 cm³/mol. The minimum absolute atomic E-state index is 0.213. The lowest BCUT2D eigenvalue weighted by molar-refractivity contribution is 0.202. The second-order valence-corrected chi connectivity index (χ2v) is 8.40. The van der Waals surface area contributed by atoms with E-state index in [1.165, 1.54) is 12.8 Å². The Morgan fingerprint density at radius 3 is 2.76 bits per heavy atom. The summed E-state index contributed by atoms with van der Waals surface area (Å²) in [6.45, 7) is 2.62. The van der Waals surface area contributed by atoms with Crippen molar-refractivity contribution >= 4 is 21.6 Å². The van der Waals surface area contributed by atoms with Crippen LogP contribution in [0.3, 0.4) is 0 Å². The highest BCUT2D eigenvalue weighted by Crippen LogP contribution is 2.39. The van der Waals surface area contributed by atoms with E-state index in [0.29, 0.717) is 23.2 Å². The fraction of sp³-hybridized carbons (Fsp3) is 0.625. The van der Waals surface area contributed by atoms with Gasteiger partial charge in [-0.3, -0.25) is 0 Å². The molecule has 1 heterocycles. The van der Waals surface area contributed by atoms with E-state index in [0.717, 1.165) is 30.4 Å². The zero-order valence-electron chi connectivity index (χ0n) is 12.4. The van der Waals surface area contributed by atoms with Crippen molar-refractivity contribution in [3.63, 3.8) is 0 Å². The van der Waals surface area contributed by atoms with E-state index in [9.17, 15) is 8.42 Å². The molecule has 0 radical (unpaired) electrons. The molecule has 5 heteroatoms. The van der Waals surface area contributed by atoms with Crippen LogP contribution in [0.2, 0.25) is 0 Å². The van der Waals surface area contributed by atoms with Gasteiger partial charge in [0.05, 0.1) is 4.90 Å². The first-order chi connectivity index (χ1) is 10.0. The van der Waals surface area contributed by atoms with Gasteiger partial charge in [-0.2, -0.15) is 4.31 Å². The van der Waals surface area contributed by atoms with Gasteiger partial charge in [0, 0.05) is 18.5 Å². The molecule has 0 amide bonds. The molecule has 0 N–H and O–H groups in total. The van der Waals surface area contributed by atoms with Gasteiger partial charge in [0.2, 0.25) is 10.0 Å². The average molecular weight is 328 g/mol. The molecule has 0 spiro atoms. The number of hydrogen-bond donors (Lipinski definition) is 0. The molecule has 2 atom stereocenters. The lowest BCUT2D eigenvalue weighted by Crippen LogP contribution is -2.46. The summed E-state index contributed by atoms with van der Waals surface area (Å²) in [4.78, 5) is 0.399. The molecule has 0 bridgehead atoms. The van der Waals surface area contributed by atoms with Crippen LogP contribution in [0.25, 0.3) is 0 Å². The number of benzene rings is 1. The van der Waals surface area contributed by atoms with Crippen LogP contribution in [-0.4, -0.2) is 25.3 Å². The second kappa shape index (κ2) is 5.90. The highest BCUT2D eigenvalue weighted by atomic mass is 35.5. The number of alkyl halides is 1. The minimum atomic E-state index is -3.39. The first-order valence-corrected chi connectivity index (χ1v) is 9.69. The monoisotopic (exact) mass is 327 g/mol. The highest BCUT2D eigenvalue weighted by molar-refractivity contribution is 7.89. The summed E-state index contributed by atoms with van der Waals surface area (Å²) >= 11 is 5.92. The molecule has 1 saturated carbocycles. The van der Waals surface area contributed by atoms with Gasteiger partial charge in [0.15, 0.2) is 0 Å². The third-order valence-electron chi connectivity index (χ3n) is 5.01. The molecule has 2 unspecified atom stereocenters. The van der Waals surface area contributed by atoms with Crippen LogP contribution in [0.15, 0.2) is 23.1 Å². The molecule has 1 aromatic rings. The Kier molecular flexibility index (Phi) is 4.30. The fourth-order valence-electron chi connectivity index (χ4n) is 3.79. The van der Waals surface area contributed by atoms with E-state index in [4.69, 9.17) is 11.6 Å². The molecule has 2 aliphatic rings. The van der Waals surface area contributed by atoms with Crippen LogP contribution in [-0.2, 0) is 15.9 Å². The molecule has 21 heavy (non-hydrogen) atoms. The SMILES string of the molecule is Cc1ccc(S(=O)(=O)N2CCCC3CCCC32)cc1CCl. The van der Waals surface area contributed by atoms with Crippen molar-refractivity contribution in [2.24, 2.45) is 5.92 Å². The molecular formula is C16H22ClNO2S. The quantitative estimate of drug-likeness (QED) is 0.794. The maximum absolute atomic E-state index is 13.0. The van der Waals surface area contributed by atoms with Crippen LogP contribution in [0, 0.1) is 12.8 Å². The molecule has 1 aliphatic heterocycles. The third-order valence-corrected chi connectivity index (χ3v) is 7.22. The van der Waals surface area contributed by atoms with Crippen LogP contribution in [0.4, 0.5) is 0 Å². The Morgan fingerprint density at radius 1 is 1.24 bits per heavy atom. The summed E-state index contributed by atoms with van der Waals surface area (Å²) in [5.41, 5.74) is 1.94. The van der Waals surface area contributed by atoms with Gasteiger partial charge in [-0.15, -0.1) is 11.6 Å². The Bertz CT molecular complexity index is 629. The van der Waals surface area contributed by atoms with Crippen molar-refractivity contribution in [1.29, 1.82) is 0 Å². The van der Waals surface area contributed by atoms with E-state index in [1.807, 2.05) is 13.0 Å². The van der Waals surface area contributed by atoms with Gasteiger partial charge in [0.25, 0.3) is 0 Å². The number of rotatable bonds is 3. The van der Waals surface area contributed by atoms with Gasteiger partial charge in [-0.05, 0) is 61.8 Å². The van der Waals surface area contributed by atoms with E-state index >= 15 is 0 Å². The van der Waals surface area contributed by atoms with Crippen LogP contribution in [0.1, 0.15) is 43.2 Å². The smallest absolute Gasteiger partial charge is 0.207 e. The van der Waals surface area contributed by atoms with E-state index in [-0.39, 0.29) is 6.04 Å². The van der Waals surface area contributed by atoms with Crippen LogP contribution in [0.5, 0.6) is 0 Å². The maximum Gasteiger partial charge on any atom is 0.243 e. The van der Waals surface area contributed by atoms with Crippen molar-refractivity contribution in [2.75, 3.05) is 6.54 Å². The van der Waals surface area contributed by atoms with Crippen molar-refractivity contribution in [2.45, 2.75) is 55.8 Å². The highest BCUT2D eigenvalue weighted by Gasteiger charge is 2.41. The molecular weight excluding hydrogens is 306 g/mol. The molecule has 1 saturated heterocycles. The lowest BCUT2D eigenvalue weighted by atomic mass is 9.94. The number of piperidine rings is 1. The lowest BCUT2D eigenvalue weighted by Gasteiger charge is -2.36. The van der Waals surface area contributed by atoms with Gasteiger partial charge in [-0.1, -0.05) is 12.5 Å². The summed E-state index contributed by atoms with van der Waals surface area (Å²) in [5.74, 6) is 0.910. The number of hydrogen-bond acceptors (Lipinski definition) is 2. The summed E-state index contributed by atoms with van der Waals surface area (Å²) in [6, 6.07) is 5.54. The third kappa shape index (κ3) is 2.73. The Hall–Kier alpha value is -0.580. The summed E-state index contributed by atoms with van der Waals surface area (Å²) in [6.07, 6.45) is 5.50. The molecule has 1 aliphatic carbocycles. The minimum Gasteiger partial charge on any atom is -0.207 e. The Balaban J connectivity index is 1.96. The number of fused-ring (bicyclic) bond motifs is 1. The Labute approximate surface area is 132 Å². The zero-order valence-corrected chi connectivity index (χ0v) is 14.0. The van der Waals surface area contributed by atoms with Gasteiger partial charge < -0.3 is 0 Å². The largest absolute Gasteiger partial charge is 0.243 e. The van der Waals surface area contributed by atoms with Crippen molar-refractivity contribution < 1.29 is 8.42 Å². The normalized spacial score (nSPS) is 26.8. The predicted octanol–water partition coefficient (Wildman–Crippen LogP) is 3.69. The summed E-state index contributed by atoms with van der Waals surface area (Å²) in [5, 5.41) is 0. The van der Waals surface area contributed by atoms with Crippen molar-refractivity contribution in [3.8, 4) is 0 Å². The molecule has 2 fully saturated rings. The second-order valence-electron chi connectivity index (χ2n) is 6.24. The standard InChI is InChI=1S/C16H22ClNO2S/c1-12-7-8-15(10-14(12)11-17)21(19,20)18-9-3-5-13-4-2-6-16(13)18/h7-8,10,13,16H,2-6,9,11H2,1H3. The number of halogens is 1.